The second-order valence-electron chi connectivity index (χ2n) is 7.19. The number of nitrogens with zero attached hydrogens (tertiary/aromatic N) is 1. The van der Waals surface area contributed by atoms with Gasteiger partial charge in [-0.25, -0.2) is 10.2 Å². The Kier molecular flexibility index (Phi) is 7.03. The number of ether oxygens (including phenoxy) is 1. The number of carbonyl (C=O) groups is 2. The van der Waals surface area contributed by atoms with Crippen molar-refractivity contribution in [3.8, 4) is 5.75 Å². The van der Waals surface area contributed by atoms with E-state index < -0.39 is 5.97 Å². The number of benzene rings is 4. The Morgan fingerprint density at radius 1 is 0.909 bits per heavy atom. The zero-order chi connectivity index (χ0) is 23.2. The van der Waals surface area contributed by atoms with Crippen LogP contribution >= 0.6 is 23.2 Å². The minimum atomic E-state index is -0.603. The van der Waals surface area contributed by atoms with Gasteiger partial charge in [0.05, 0.1) is 23.2 Å². The average Bonchev–Trinajstić information content (AvgIpc) is 2.79. The first-order chi connectivity index (χ1) is 16.0. The van der Waals surface area contributed by atoms with Crippen molar-refractivity contribution in [2.75, 3.05) is 0 Å². The van der Waals surface area contributed by atoms with E-state index in [2.05, 4.69) is 10.5 Å². The van der Waals surface area contributed by atoms with Gasteiger partial charge in [-0.1, -0.05) is 77.8 Å². The van der Waals surface area contributed by atoms with Crippen molar-refractivity contribution in [3.63, 3.8) is 0 Å². The Morgan fingerprint density at radius 2 is 1.70 bits per heavy atom. The van der Waals surface area contributed by atoms with E-state index >= 15 is 0 Å². The Labute approximate surface area is 200 Å². The van der Waals surface area contributed by atoms with Gasteiger partial charge in [-0.2, -0.15) is 5.10 Å². The van der Waals surface area contributed by atoms with Crippen LogP contribution < -0.4 is 10.2 Å². The van der Waals surface area contributed by atoms with Gasteiger partial charge < -0.3 is 4.74 Å². The number of hydrazone groups is 1. The first-order valence-electron chi connectivity index (χ1n) is 10.1. The summed E-state index contributed by atoms with van der Waals surface area (Å²) in [6.45, 7) is 0. The van der Waals surface area contributed by atoms with Crippen LogP contribution in [-0.4, -0.2) is 18.1 Å². The molecule has 0 fully saturated rings. The number of halogens is 2. The monoisotopic (exact) mass is 476 g/mol. The molecule has 0 spiro atoms. The average molecular weight is 477 g/mol. The van der Waals surface area contributed by atoms with Crippen molar-refractivity contribution in [2.24, 2.45) is 5.10 Å². The predicted octanol–water partition coefficient (Wildman–Crippen LogP) is 6.06. The summed E-state index contributed by atoms with van der Waals surface area (Å²) < 4.78 is 5.39. The van der Waals surface area contributed by atoms with E-state index in [1.165, 1.54) is 18.3 Å². The van der Waals surface area contributed by atoms with Gasteiger partial charge in [-0.15, -0.1) is 0 Å². The molecule has 0 aliphatic carbocycles. The number of hydrogen-bond donors (Lipinski definition) is 1. The molecule has 33 heavy (non-hydrogen) atoms. The lowest BCUT2D eigenvalue weighted by Crippen LogP contribution is -2.19. The second kappa shape index (κ2) is 10.3. The molecule has 0 unspecified atom stereocenters. The highest BCUT2D eigenvalue weighted by Crippen LogP contribution is 2.23. The molecular weight excluding hydrogens is 459 g/mol. The van der Waals surface area contributed by atoms with Crippen molar-refractivity contribution in [1.29, 1.82) is 0 Å². The highest BCUT2D eigenvalue weighted by atomic mass is 35.5. The molecular formula is C26H18Cl2N2O3. The molecule has 4 aromatic rings. The van der Waals surface area contributed by atoms with Gasteiger partial charge in [-0.3, -0.25) is 4.79 Å². The van der Waals surface area contributed by atoms with E-state index in [1.807, 2.05) is 42.5 Å². The maximum Gasteiger partial charge on any atom is 0.345 e. The lowest BCUT2D eigenvalue weighted by Gasteiger charge is -2.07. The summed E-state index contributed by atoms with van der Waals surface area (Å²) in [5, 5.41) is 6.77. The smallest absolute Gasteiger partial charge is 0.345 e. The number of hydrogen-bond acceptors (Lipinski definition) is 4. The maximum absolute atomic E-state index is 12.4. The van der Waals surface area contributed by atoms with E-state index in [4.69, 9.17) is 27.9 Å². The third-order valence-electron chi connectivity index (χ3n) is 4.85. The third-order valence-corrected chi connectivity index (χ3v) is 5.40. The second-order valence-corrected chi connectivity index (χ2v) is 8.04. The van der Waals surface area contributed by atoms with Gasteiger partial charge in [0.15, 0.2) is 0 Å². The SMILES string of the molecule is O=C(Cc1cccc2ccccc12)N/N=C/c1cccc(OC(=O)c2ccc(Cl)cc2Cl)c1. The topological polar surface area (TPSA) is 67.8 Å². The van der Waals surface area contributed by atoms with Crippen molar-refractivity contribution in [2.45, 2.75) is 6.42 Å². The van der Waals surface area contributed by atoms with Crippen molar-refractivity contribution in [1.82, 2.24) is 5.43 Å². The highest BCUT2D eigenvalue weighted by molar-refractivity contribution is 6.36. The van der Waals surface area contributed by atoms with Crippen molar-refractivity contribution < 1.29 is 14.3 Å². The molecule has 0 atom stereocenters. The Bertz CT molecular complexity index is 1360. The molecule has 0 saturated heterocycles. The van der Waals surface area contributed by atoms with Crippen LogP contribution in [0.15, 0.2) is 90.0 Å². The predicted molar refractivity (Wildman–Crippen MR) is 131 cm³/mol. The van der Waals surface area contributed by atoms with E-state index in [0.29, 0.717) is 16.3 Å². The molecule has 0 bridgehead atoms. The Balaban J connectivity index is 1.38. The van der Waals surface area contributed by atoms with Crippen LogP contribution in [0, 0.1) is 0 Å². The molecule has 4 rings (SSSR count). The number of amides is 1. The van der Waals surface area contributed by atoms with Crippen LogP contribution in [0.4, 0.5) is 0 Å². The minimum absolute atomic E-state index is 0.207. The summed E-state index contributed by atoms with van der Waals surface area (Å²) in [4.78, 5) is 24.7. The summed E-state index contributed by atoms with van der Waals surface area (Å²) in [6, 6.07) is 25.1. The molecule has 164 valence electrons. The van der Waals surface area contributed by atoms with Crippen LogP contribution in [0.2, 0.25) is 10.0 Å². The summed E-state index contributed by atoms with van der Waals surface area (Å²) in [7, 11) is 0. The summed E-state index contributed by atoms with van der Waals surface area (Å²) in [5.74, 6) is -0.520. The first kappa shape index (κ1) is 22.5. The van der Waals surface area contributed by atoms with Crippen molar-refractivity contribution in [3.05, 3.63) is 112 Å². The molecule has 0 aliphatic heterocycles. The summed E-state index contributed by atoms with van der Waals surface area (Å²) in [6.07, 6.45) is 1.69. The highest BCUT2D eigenvalue weighted by Gasteiger charge is 2.13. The first-order valence-corrected chi connectivity index (χ1v) is 10.8. The molecule has 1 amide bonds. The number of rotatable bonds is 6. The molecule has 0 heterocycles. The van der Waals surface area contributed by atoms with Gasteiger partial charge in [0.1, 0.15) is 5.75 Å². The fourth-order valence-corrected chi connectivity index (χ4v) is 3.80. The van der Waals surface area contributed by atoms with Gasteiger partial charge in [-0.05, 0) is 52.2 Å². The Hall–Kier alpha value is -3.67. The fourth-order valence-electron chi connectivity index (χ4n) is 3.31. The molecule has 0 aliphatic rings. The molecule has 0 radical (unpaired) electrons. The molecule has 5 nitrogen and oxygen atoms in total. The summed E-state index contributed by atoms with van der Waals surface area (Å²) in [5.41, 5.74) is 4.32. The van der Waals surface area contributed by atoms with E-state index in [-0.39, 0.29) is 22.9 Å². The number of fused-ring (bicyclic) bond motifs is 1. The molecule has 0 aromatic heterocycles. The molecule has 4 aromatic carbocycles. The minimum Gasteiger partial charge on any atom is -0.423 e. The zero-order valence-corrected chi connectivity index (χ0v) is 18.8. The van der Waals surface area contributed by atoms with Gasteiger partial charge >= 0.3 is 5.97 Å². The normalized spacial score (nSPS) is 11.0. The number of nitrogens with one attached hydrogen (secondary N) is 1. The zero-order valence-electron chi connectivity index (χ0n) is 17.3. The largest absolute Gasteiger partial charge is 0.423 e. The quantitative estimate of drug-likeness (QED) is 0.159. The van der Waals surface area contributed by atoms with E-state index in [0.717, 1.165) is 16.3 Å². The van der Waals surface area contributed by atoms with Crippen LogP contribution in [0.1, 0.15) is 21.5 Å². The van der Waals surface area contributed by atoms with Crippen LogP contribution in [0.3, 0.4) is 0 Å². The third kappa shape index (κ3) is 5.77. The molecule has 1 N–H and O–H groups in total. The van der Waals surface area contributed by atoms with E-state index in [9.17, 15) is 9.59 Å². The molecule has 0 saturated carbocycles. The van der Waals surface area contributed by atoms with Gasteiger partial charge in [0, 0.05) is 5.02 Å². The Morgan fingerprint density at radius 3 is 2.55 bits per heavy atom. The lowest BCUT2D eigenvalue weighted by molar-refractivity contribution is -0.120. The summed E-state index contributed by atoms with van der Waals surface area (Å²) >= 11 is 11.9. The van der Waals surface area contributed by atoms with Gasteiger partial charge in [0.2, 0.25) is 5.91 Å². The standard InChI is InChI=1S/C26H18Cl2N2O3/c27-20-11-12-23(24(28)15-20)26(32)33-21-9-3-5-17(13-21)16-29-30-25(31)14-19-8-4-7-18-6-1-2-10-22(18)19/h1-13,15-16H,14H2,(H,30,31)/b29-16+. The van der Waals surface area contributed by atoms with Crippen molar-refractivity contribution >= 4 is 52.1 Å². The lowest BCUT2D eigenvalue weighted by atomic mass is 10.0. The number of carbonyl (C=O) groups excluding carboxylic acids is 2. The fraction of sp³-hybridized carbons (Fsp3) is 0.0385. The van der Waals surface area contributed by atoms with E-state index in [1.54, 1.807) is 30.3 Å². The van der Waals surface area contributed by atoms with Crippen LogP contribution in [-0.2, 0) is 11.2 Å². The molecule has 7 heteroatoms. The van der Waals surface area contributed by atoms with Gasteiger partial charge in [0.25, 0.3) is 0 Å². The van der Waals surface area contributed by atoms with Crippen LogP contribution in [0.5, 0.6) is 5.75 Å². The number of esters is 1. The van der Waals surface area contributed by atoms with Crippen LogP contribution in [0.25, 0.3) is 10.8 Å². The maximum atomic E-state index is 12.4.